The average Bonchev–Trinajstić information content (AvgIpc) is 4.23. The summed E-state index contributed by atoms with van der Waals surface area (Å²) in [6.45, 7) is 22.5. The number of aliphatic hydroxyl groups is 3. The third kappa shape index (κ3) is 4.57. The van der Waals surface area contributed by atoms with Crippen molar-refractivity contribution in [2.24, 2.45) is 39.4 Å². The number of hydrogen-bond donors (Lipinski definition) is 5. The SMILES string of the molecule is CO[C@]12CC[C@@]3(C[C@]1(O)[C@](C)(O)C(C)(C)C)[C@H]1Cc4cc(-c5cc6c7c(c5O)O[C@@]5(C)[C@]78CCN(CC7CC7)[C@H](C6)[C@]86CC[C@]5(OC)[C@@H]([C@](C)(O)C(C)(C)C)C6)c(O)c5c4[C@@]3(CCN1CC1CC1)[C@H]2O5. The largest absolute Gasteiger partial charge is 0.504 e. The van der Waals surface area contributed by atoms with E-state index in [-0.39, 0.29) is 34.9 Å². The normalized spacial score (nSPS) is 45.4. The lowest BCUT2D eigenvalue weighted by Gasteiger charge is -2.78. The molecule has 0 radical (unpaired) electrons. The molecule has 14 atom stereocenters. The molecule has 8 saturated carbocycles. The Bertz CT molecular complexity index is 2660. The zero-order valence-electron chi connectivity index (χ0n) is 44.1. The van der Waals surface area contributed by atoms with Crippen LogP contribution >= 0.6 is 0 Å². The van der Waals surface area contributed by atoms with Crippen LogP contribution in [0.5, 0.6) is 23.0 Å². The van der Waals surface area contributed by atoms with E-state index in [1.165, 1.54) is 31.2 Å². The van der Waals surface area contributed by atoms with E-state index in [0.717, 1.165) is 94.2 Å². The van der Waals surface area contributed by atoms with Gasteiger partial charge in [0.1, 0.15) is 28.5 Å². The van der Waals surface area contributed by atoms with Gasteiger partial charge < -0.3 is 44.5 Å². The zero-order chi connectivity index (χ0) is 49.4. The van der Waals surface area contributed by atoms with E-state index in [2.05, 4.69) is 49.6 Å². The number of ether oxygens (including phenoxy) is 4. The Hall–Kier alpha value is -2.64. The van der Waals surface area contributed by atoms with E-state index in [1.54, 1.807) is 14.0 Å². The van der Waals surface area contributed by atoms with Crippen molar-refractivity contribution < 1.29 is 44.5 Å². The minimum atomic E-state index is -1.66. The Balaban J connectivity index is 0.974. The number of benzene rings is 2. The Labute approximate surface area is 416 Å². The molecule has 0 amide bonds. The monoisotopic (exact) mass is 963 g/mol. The summed E-state index contributed by atoms with van der Waals surface area (Å²) in [6.07, 6.45) is 11.9. The van der Waals surface area contributed by atoms with Gasteiger partial charge in [0.15, 0.2) is 23.0 Å². The number of rotatable bonds is 9. The number of aromatic hydroxyl groups is 2. The van der Waals surface area contributed by atoms with E-state index in [4.69, 9.17) is 18.9 Å². The minimum Gasteiger partial charge on any atom is -0.504 e. The molecule has 10 aliphatic carbocycles. The Kier molecular flexibility index (Phi) is 8.57. The molecule has 8 bridgehead atoms. The van der Waals surface area contributed by atoms with E-state index in [0.29, 0.717) is 47.3 Å². The number of phenolic OH excluding ortho intramolecular Hbond substituents is 2. The van der Waals surface area contributed by atoms with Crippen molar-refractivity contribution in [1.29, 1.82) is 0 Å². The molecule has 2 aromatic carbocycles. The molecular weight excluding hydrogens is 881 g/mol. The lowest BCUT2D eigenvalue weighted by Crippen LogP contribution is -2.89. The topological polar surface area (TPSA) is 145 Å². The van der Waals surface area contributed by atoms with Crippen LogP contribution < -0.4 is 9.47 Å². The van der Waals surface area contributed by atoms with E-state index in [1.807, 2.05) is 34.8 Å². The summed E-state index contributed by atoms with van der Waals surface area (Å²) in [7, 11) is 3.51. The fourth-order valence-electron chi connectivity index (χ4n) is 20.5. The molecule has 16 rings (SSSR count). The van der Waals surface area contributed by atoms with Gasteiger partial charge in [-0.2, -0.15) is 0 Å². The number of piperidine rings is 2. The maximum Gasteiger partial charge on any atom is 0.166 e. The molecule has 2 aromatic rings. The highest BCUT2D eigenvalue weighted by Gasteiger charge is 2.89. The molecular formula is C59H82N2O9. The van der Waals surface area contributed by atoms with Gasteiger partial charge in [-0.1, -0.05) is 41.5 Å². The van der Waals surface area contributed by atoms with Crippen molar-refractivity contribution in [2.75, 3.05) is 40.4 Å². The summed E-state index contributed by atoms with van der Waals surface area (Å²) >= 11 is 0. The molecule has 70 heavy (non-hydrogen) atoms. The Morgan fingerprint density at radius 1 is 0.686 bits per heavy atom. The predicted molar refractivity (Wildman–Crippen MR) is 265 cm³/mol. The van der Waals surface area contributed by atoms with E-state index >= 15 is 0 Å². The van der Waals surface area contributed by atoms with Crippen LogP contribution in [-0.4, -0.2) is 128 Å². The second-order valence-electron chi connectivity index (χ2n) is 28.6. The second kappa shape index (κ2) is 13.1. The van der Waals surface area contributed by atoms with Gasteiger partial charge in [-0.25, -0.2) is 0 Å². The van der Waals surface area contributed by atoms with Crippen molar-refractivity contribution in [2.45, 2.75) is 215 Å². The van der Waals surface area contributed by atoms with Gasteiger partial charge in [0.2, 0.25) is 0 Å². The third-order valence-corrected chi connectivity index (χ3v) is 25.0. The van der Waals surface area contributed by atoms with Crippen molar-refractivity contribution in [3.05, 3.63) is 34.4 Å². The number of nitrogens with zero attached hydrogens (tertiary/aromatic N) is 2. The van der Waals surface area contributed by atoms with Gasteiger partial charge >= 0.3 is 0 Å². The zero-order valence-corrected chi connectivity index (χ0v) is 44.1. The summed E-state index contributed by atoms with van der Waals surface area (Å²) in [5.41, 5.74) is -4.50. The van der Waals surface area contributed by atoms with Crippen LogP contribution in [0.1, 0.15) is 162 Å². The molecule has 4 spiro atoms. The number of methoxy groups -OCH3 is 2. The van der Waals surface area contributed by atoms with Crippen LogP contribution in [0.4, 0.5) is 0 Å². The summed E-state index contributed by atoms with van der Waals surface area (Å²) in [5, 5.41) is 65.9. The smallest absolute Gasteiger partial charge is 0.166 e. The summed E-state index contributed by atoms with van der Waals surface area (Å²) in [5.74, 6) is 2.19. The molecule has 382 valence electrons. The maximum absolute atomic E-state index is 13.7. The number of phenols is 2. The van der Waals surface area contributed by atoms with Gasteiger partial charge in [0.25, 0.3) is 0 Å². The standard InChI is InChI=1S/C59H82N2O9/c1-48(2,3)50(7,64)38-28-53-16-18-57(38,67-10)52(9)56(53)21-23-61(30-33-14-15-33)39(53)27-35-25-37(44(63)46(70-52)42(35)56)36-24-34-26-40-54-17-19-58(68-11,59(66,31-54)51(8,65)49(4,5)6)47-55(54,41(34)45(69-47)43(36)62)20-22-60(40)29-32-12-13-32/h24-25,32-33,38-40,47,62-66H,12-23,26-31H2,1-11H3/t38-,39-,40-,47-,50+,51-,52+,53-,54-,55+,56+,57+,58+,59+/m1/s1. The van der Waals surface area contributed by atoms with E-state index < -0.39 is 66.8 Å². The molecule has 0 aromatic heterocycles. The number of fused-ring (bicyclic) bond motifs is 4. The fraction of sp³-hybridized carbons (Fsp3) is 0.797. The quantitative estimate of drug-likeness (QED) is 0.166. The average molecular weight is 963 g/mol. The first-order chi connectivity index (χ1) is 32.8. The predicted octanol–water partition coefficient (Wildman–Crippen LogP) is 8.31. The lowest BCUT2D eigenvalue weighted by molar-refractivity contribution is -0.376. The first kappa shape index (κ1) is 45.9. The van der Waals surface area contributed by atoms with Crippen molar-refractivity contribution >= 4 is 0 Å². The molecule has 11 heteroatoms. The number of likely N-dealkylation sites (tertiary alicyclic amines) is 2. The summed E-state index contributed by atoms with van der Waals surface area (Å²) in [4.78, 5) is 5.54. The minimum absolute atomic E-state index is 0.00750. The van der Waals surface area contributed by atoms with Crippen LogP contribution in [0.15, 0.2) is 12.1 Å². The van der Waals surface area contributed by atoms with Crippen molar-refractivity contribution in [3.63, 3.8) is 0 Å². The second-order valence-corrected chi connectivity index (χ2v) is 28.6. The Morgan fingerprint density at radius 3 is 1.80 bits per heavy atom. The molecule has 14 aliphatic rings. The lowest BCUT2D eigenvalue weighted by atomic mass is 9.30. The van der Waals surface area contributed by atoms with Gasteiger partial charge in [-0.3, -0.25) is 9.80 Å². The van der Waals surface area contributed by atoms with Crippen molar-refractivity contribution in [3.8, 4) is 34.1 Å². The van der Waals surface area contributed by atoms with Gasteiger partial charge in [-0.05, 0) is 170 Å². The highest BCUT2D eigenvalue weighted by atomic mass is 16.6. The molecule has 5 N–H and O–H groups in total. The molecule has 4 heterocycles. The summed E-state index contributed by atoms with van der Waals surface area (Å²) in [6, 6.07) is 4.67. The maximum atomic E-state index is 13.7. The molecule has 2 saturated heterocycles. The first-order valence-corrected chi connectivity index (χ1v) is 27.7. The fourth-order valence-corrected chi connectivity index (χ4v) is 20.5. The van der Waals surface area contributed by atoms with E-state index in [9.17, 15) is 25.5 Å². The van der Waals surface area contributed by atoms with Crippen molar-refractivity contribution in [1.82, 2.24) is 9.80 Å². The third-order valence-electron chi connectivity index (χ3n) is 25.0. The molecule has 11 nitrogen and oxygen atoms in total. The van der Waals surface area contributed by atoms with Gasteiger partial charge in [0, 0.05) is 83.8 Å². The number of hydrogen-bond acceptors (Lipinski definition) is 11. The summed E-state index contributed by atoms with van der Waals surface area (Å²) < 4.78 is 28.9. The highest BCUT2D eigenvalue weighted by molar-refractivity contribution is 5.86. The van der Waals surface area contributed by atoms with Crippen LogP contribution in [0.2, 0.25) is 0 Å². The van der Waals surface area contributed by atoms with Crippen LogP contribution in [-0.2, 0) is 33.1 Å². The van der Waals surface area contributed by atoms with Crippen LogP contribution in [0.3, 0.4) is 0 Å². The van der Waals surface area contributed by atoms with Crippen LogP contribution in [0, 0.1) is 39.4 Å². The van der Waals surface area contributed by atoms with Crippen LogP contribution in [0.25, 0.3) is 11.1 Å². The molecule has 10 fully saturated rings. The van der Waals surface area contributed by atoms with Gasteiger partial charge in [-0.15, -0.1) is 0 Å². The Morgan fingerprint density at radius 2 is 1.23 bits per heavy atom. The molecule has 4 aliphatic heterocycles. The van der Waals surface area contributed by atoms with Gasteiger partial charge in [0.05, 0.1) is 16.6 Å². The molecule has 0 unspecified atom stereocenters. The highest BCUT2D eigenvalue weighted by Crippen LogP contribution is 2.83. The first-order valence-electron chi connectivity index (χ1n) is 27.7.